The number of rotatable bonds is 1. The quantitative estimate of drug-likeness (QED) is 0.455. The molecule has 39 valence electrons. The lowest BCUT2D eigenvalue weighted by Crippen LogP contribution is -1.94. The van der Waals surface area contributed by atoms with E-state index in [1.807, 2.05) is 13.3 Å². The summed E-state index contributed by atoms with van der Waals surface area (Å²) in [4.78, 5) is 0. The molecule has 0 saturated heterocycles. The van der Waals surface area contributed by atoms with Gasteiger partial charge in [0.05, 0.1) is 12.5 Å². The minimum absolute atomic E-state index is 1.01. The van der Waals surface area contributed by atoms with Crippen molar-refractivity contribution in [1.29, 1.82) is 0 Å². The molecule has 0 bridgehead atoms. The van der Waals surface area contributed by atoms with Crippen molar-refractivity contribution >= 4 is 7.28 Å². The molecule has 0 amide bonds. The predicted molar refractivity (Wildman–Crippen MR) is 34.3 cm³/mol. The highest BCUT2D eigenvalue weighted by atomic mass is 16.5. The van der Waals surface area contributed by atoms with E-state index in [1.165, 1.54) is 0 Å². The molecule has 1 aliphatic rings. The third-order valence-electron chi connectivity index (χ3n) is 0.886. The van der Waals surface area contributed by atoms with Gasteiger partial charge in [-0.15, -0.1) is 0 Å². The highest BCUT2D eigenvalue weighted by Crippen LogP contribution is 1.99. The molecule has 0 N–H and O–H groups in total. The van der Waals surface area contributed by atoms with E-state index in [0.29, 0.717) is 0 Å². The summed E-state index contributed by atoms with van der Waals surface area (Å²) < 4.78 is 4.83. The zero-order valence-electron chi connectivity index (χ0n) is 4.50. The Morgan fingerprint density at radius 1 is 1.75 bits per heavy atom. The van der Waals surface area contributed by atoms with Gasteiger partial charge in [0.1, 0.15) is 0 Å². The van der Waals surface area contributed by atoms with Crippen LogP contribution in [-0.2, 0) is 4.74 Å². The number of hydrogen-bond acceptors (Lipinski definition) is 1. The molecule has 1 heterocycles. The summed E-state index contributed by atoms with van der Waals surface area (Å²) >= 11 is 0. The van der Waals surface area contributed by atoms with Gasteiger partial charge >= 0.3 is 0 Å². The fraction of sp³-hybridized carbons (Fsp3) is 0. The molecule has 1 rings (SSSR count). The van der Waals surface area contributed by atoms with E-state index in [-0.39, 0.29) is 0 Å². The molecule has 0 spiro atoms. The zero-order valence-corrected chi connectivity index (χ0v) is 4.50. The topological polar surface area (TPSA) is 9.23 Å². The molecule has 0 atom stereocenters. The van der Waals surface area contributed by atoms with E-state index in [2.05, 4.69) is 6.58 Å². The highest BCUT2D eigenvalue weighted by molar-refractivity contribution is 6.52. The maximum absolute atomic E-state index is 4.83. The summed E-state index contributed by atoms with van der Waals surface area (Å²) in [6, 6.07) is 0. The number of allylic oxidation sites excluding steroid dienone is 2. The van der Waals surface area contributed by atoms with Crippen LogP contribution in [0.5, 0.6) is 0 Å². The Bertz CT molecular complexity index is 147. The summed E-state index contributed by atoms with van der Waals surface area (Å²) in [5, 5.41) is 0. The largest absolute Gasteiger partial charge is 0.474 e. The first kappa shape index (κ1) is 5.23. The third-order valence-corrected chi connectivity index (χ3v) is 0.886. The second-order valence-electron chi connectivity index (χ2n) is 1.45. The summed E-state index contributed by atoms with van der Waals surface area (Å²) in [5.74, 6) is 1.83. The average molecular weight is 105 g/mol. The minimum atomic E-state index is 1.01. The Balaban J connectivity index is 2.55. The van der Waals surface area contributed by atoms with Gasteiger partial charge in [-0.2, -0.15) is 0 Å². The van der Waals surface area contributed by atoms with Crippen molar-refractivity contribution in [3.8, 4) is 0 Å². The molecule has 1 nitrogen and oxygen atoms in total. The lowest BCUT2D eigenvalue weighted by atomic mass is 9.70. The SMILES string of the molecule is C=CC1=COC=C[B]1. The van der Waals surface area contributed by atoms with E-state index in [1.54, 1.807) is 18.6 Å². The fourth-order valence-electron chi connectivity index (χ4n) is 0.469. The van der Waals surface area contributed by atoms with Gasteiger partial charge in [0.25, 0.3) is 0 Å². The number of hydrogen-bond donors (Lipinski definition) is 0. The molecule has 0 aromatic rings. The smallest absolute Gasteiger partial charge is 0.189 e. The van der Waals surface area contributed by atoms with Gasteiger partial charge in [0, 0.05) is 0 Å². The minimum Gasteiger partial charge on any atom is -0.474 e. The summed E-state index contributed by atoms with van der Waals surface area (Å²) in [5.41, 5.74) is 1.01. The van der Waals surface area contributed by atoms with Crippen molar-refractivity contribution in [2.45, 2.75) is 0 Å². The first-order valence-corrected chi connectivity index (χ1v) is 2.41. The molecule has 2 heteroatoms. The van der Waals surface area contributed by atoms with Gasteiger partial charge < -0.3 is 4.74 Å². The number of ether oxygens (including phenoxy) is 1. The first-order valence-electron chi connectivity index (χ1n) is 2.41. The maximum atomic E-state index is 4.83. The first-order chi connectivity index (χ1) is 3.93. The molecule has 0 aromatic carbocycles. The average Bonchev–Trinajstić information content (AvgIpc) is 1.90. The molecule has 0 saturated carbocycles. The van der Waals surface area contributed by atoms with Crippen molar-refractivity contribution in [3.63, 3.8) is 0 Å². The Labute approximate surface area is 49.6 Å². The van der Waals surface area contributed by atoms with Gasteiger partial charge in [-0.25, -0.2) is 0 Å². The monoisotopic (exact) mass is 105 g/mol. The van der Waals surface area contributed by atoms with E-state index in [4.69, 9.17) is 4.74 Å². The second-order valence-corrected chi connectivity index (χ2v) is 1.45. The normalized spacial score (nSPS) is 15.8. The summed E-state index contributed by atoms with van der Waals surface area (Å²) in [7, 11) is 1.93. The lowest BCUT2D eigenvalue weighted by molar-refractivity contribution is 0.400. The Kier molecular flexibility index (Phi) is 1.57. The van der Waals surface area contributed by atoms with Crippen LogP contribution in [0.15, 0.2) is 36.6 Å². The van der Waals surface area contributed by atoms with Crippen LogP contribution in [0.4, 0.5) is 0 Å². The fourth-order valence-corrected chi connectivity index (χ4v) is 0.469. The van der Waals surface area contributed by atoms with Crippen LogP contribution in [0, 0.1) is 0 Å². The van der Waals surface area contributed by atoms with Crippen LogP contribution < -0.4 is 0 Å². The predicted octanol–water partition coefficient (Wildman–Crippen LogP) is 1.22. The van der Waals surface area contributed by atoms with Crippen LogP contribution in [-0.4, -0.2) is 7.28 Å². The Morgan fingerprint density at radius 3 is 3.00 bits per heavy atom. The van der Waals surface area contributed by atoms with Gasteiger partial charge in [-0.1, -0.05) is 18.6 Å². The molecular formula is C6H6BO. The van der Waals surface area contributed by atoms with Gasteiger partial charge in [0.2, 0.25) is 0 Å². The summed E-state index contributed by atoms with van der Waals surface area (Å²) in [6.07, 6.45) is 5.00. The van der Waals surface area contributed by atoms with Gasteiger partial charge in [-0.3, -0.25) is 0 Å². The van der Waals surface area contributed by atoms with Crippen LogP contribution in [0.1, 0.15) is 0 Å². The van der Waals surface area contributed by atoms with Crippen LogP contribution in [0.3, 0.4) is 0 Å². The van der Waals surface area contributed by atoms with Gasteiger partial charge in [0.15, 0.2) is 7.28 Å². The molecular weight excluding hydrogens is 98.9 g/mol. The molecule has 0 aromatic heterocycles. The third kappa shape index (κ3) is 1.03. The molecule has 0 unspecified atom stereocenters. The van der Waals surface area contributed by atoms with Crippen molar-refractivity contribution in [1.82, 2.24) is 0 Å². The van der Waals surface area contributed by atoms with Crippen molar-refractivity contribution in [3.05, 3.63) is 36.6 Å². The lowest BCUT2D eigenvalue weighted by Gasteiger charge is -1.99. The maximum Gasteiger partial charge on any atom is 0.189 e. The van der Waals surface area contributed by atoms with E-state index in [0.717, 1.165) is 5.47 Å². The molecule has 0 fully saturated rings. The zero-order chi connectivity index (χ0) is 5.82. The highest BCUT2D eigenvalue weighted by Gasteiger charge is 1.93. The van der Waals surface area contributed by atoms with Crippen molar-refractivity contribution in [2.75, 3.05) is 0 Å². The van der Waals surface area contributed by atoms with Crippen LogP contribution >= 0.6 is 0 Å². The van der Waals surface area contributed by atoms with Crippen LogP contribution in [0.2, 0.25) is 0 Å². The Hall–Kier alpha value is -0.915. The Morgan fingerprint density at radius 2 is 2.62 bits per heavy atom. The van der Waals surface area contributed by atoms with E-state index < -0.39 is 0 Å². The van der Waals surface area contributed by atoms with E-state index >= 15 is 0 Å². The van der Waals surface area contributed by atoms with Gasteiger partial charge in [-0.05, 0) is 5.47 Å². The standard InChI is InChI=1S/C6H6BO/c1-2-6-5-8-4-3-7-6/h2-5H,1H2. The molecule has 1 aliphatic heterocycles. The van der Waals surface area contributed by atoms with Crippen molar-refractivity contribution in [2.24, 2.45) is 0 Å². The molecule has 8 heavy (non-hydrogen) atoms. The van der Waals surface area contributed by atoms with Crippen LogP contribution in [0.25, 0.3) is 0 Å². The van der Waals surface area contributed by atoms with E-state index in [9.17, 15) is 0 Å². The molecule has 0 aliphatic carbocycles. The molecule has 1 radical (unpaired) electrons. The second kappa shape index (κ2) is 2.41. The summed E-state index contributed by atoms with van der Waals surface area (Å²) in [6.45, 7) is 3.57. The van der Waals surface area contributed by atoms with Crippen molar-refractivity contribution < 1.29 is 4.74 Å².